The molecule has 35 heavy (non-hydrogen) atoms. The van der Waals surface area contributed by atoms with Gasteiger partial charge in [0.15, 0.2) is 0 Å². The summed E-state index contributed by atoms with van der Waals surface area (Å²) in [6.07, 6.45) is 0. The fourth-order valence-electron chi connectivity index (χ4n) is 4.62. The molecular formula is C25H18BrCl2N3O4. The van der Waals surface area contributed by atoms with Crippen molar-refractivity contribution < 1.29 is 19.1 Å². The van der Waals surface area contributed by atoms with Crippen LogP contribution in [0, 0.1) is 5.92 Å². The standard InChI is InChI=1S/C25H18BrCl2N3O4/c1-35-19-8-3-2-7-16(19)21-20-22(31(29-21)23(32)13-5-4-6-14(26)11-13)25(34)30(24(20)33)18-10-9-15(27)12-17(18)28/h2-12,20-22,29H,1H3/t20-,21-,22+/m0/s1. The fourth-order valence-corrected chi connectivity index (χ4v) is 5.51. The van der Waals surface area contributed by atoms with E-state index in [1.165, 1.54) is 24.3 Å². The van der Waals surface area contributed by atoms with Gasteiger partial charge in [-0.3, -0.25) is 19.4 Å². The molecule has 2 heterocycles. The van der Waals surface area contributed by atoms with Crippen LogP contribution in [0.25, 0.3) is 0 Å². The van der Waals surface area contributed by atoms with Gasteiger partial charge in [-0.25, -0.2) is 10.3 Å². The fraction of sp³-hybridized carbons (Fsp3) is 0.160. The second-order valence-corrected chi connectivity index (χ2v) is 9.87. The molecule has 3 atom stereocenters. The highest BCUT2D eigenvalue weighted by molar-refractivity contribution is 9.10. The largest absolute Gasteiger partial charge is 0.496 e. The Hall–Kier alpha value is -2.91. The van der Waals surface area contributed by atoms with Gasteiger partial charge in [0.1, 0.15) is 11.8 Å². The van der Waals surface area contributed by atoms with Gasteiger partial charge in [-0.1, -0.05) is 63.4 Å². The number of rotatable bonds is 4. The van der Waals surface area contributed by atoms with Crippen LogP contribution in [-0.4, -0.2) is 35.9 Å². The number of ether oxygens (including phenoxy) is 1. The Bertz CT molecular complexity index is 1370. The summed E-state index contributed by atoms with van der Waals surface area (Å²) in [5.41, 5.74) is 4.35. The maximum absolute atomic E-state index is 13.8. The highest BCUT2D eigenvalue weighted by Crippen LogP contribution is 2.45. The first-order valence-corrected chi connectivity index (χ1v) is 12.2. The van der Waals surface area contributed by atoms with Gasteiger partial charge in [-0.05, 0) is 42.5 Å². The molecule has 0 aliphatic carbocycles. The van der Waals surface area contributed by atoms with Crippen molar-refractivity contribution in [2.45, 2.75) is 12.1 Å². The Morgan fingerprint density at radius 3 is 2.49 bits per heavy atom. The number of hydrazine groups is 1. The summed E-state index contributed by atoms with van der Waals surface area (Å²) in [5.74, 6) is -1.84. The molecule has 0 unspecified atom stereocenters. The number of para-hydroxylation sites is 1. The van der Waals surface area contributed by atoms with Gasteiger partial charge < -0.3 is 4.74 Å². The number of amides is 3. The average Bonchev–Trinajstić information content (AvgIpc) is 3.35. The Kier molecular flexibility index (Phi) is 6.31. The minimum atomic E-state index is -1.09. The first kappa shape index (κ1) is 23.8. The van der Waals surface area contributed by atoms with Crippen molar-refractivity contribution >= 4 is 62.5 Å². The molecule has 0 aromatic heterocycles. The summed E-state index contributed by atoms with van der Waals surface area (Å²) in [6.45, 7) is 0. The van der Waals surface area contributed by atoms with Crippen LogP contribution in [0.3, 0.4) is 0 Å². The van der Waals surface area contributed by atoms with Crippen molar-refractivity contribution in [1.29, 1.82) is 0 Å². The zero-order valence-electron chi connectivity index (χ0n) is 18.2. The average molecular weight is 575 g/mol. The summed E-state index contributed by atoms with van der Waals surface area (Å²) in [7, 11) is 1.52. The molecule has 0 spiro atoms. The second-order valence-electron chi connectivity index (χ2n) is 8.11. The van der Waals surface area contributed by atoms with Crippen molar-refractivity contribution in [1.82, 2.24) is 10.4 Å². The van der Waals surface area contributed by atoms with Crippen molar-refractivity contribution in [2.75, 3.05) is 12.0 Å². The lowest BCUT2D eigenvalue weighted by Gasteiger charge is -2.26. The van der Waals surface area contributed by atoms with Crippen LogP contribution in [0.4, 0.5) is 5.69 Å². The minimum absolute atomic E-state index is 0.158. The second kappa shape index (κ2) is 9.28. The predicted octanol–water partition coefficient (Wildman–Crippen LogP) is 5.02. The number of carbonyl (C=O) groups excluding carboxylic acids is 3. The number of anilines is 1. The molecule has 2 fully saturated rings. The predicted molar refractivity (Wildman–Crippen MR) is 135 cm³/mol. The van der Waals surface area contributed by atoms with Gasteiger partial charge >= 0.3 is 0 Å². The molecule has 2 aliphatic heterocycles. The zero-order chi connectivity index (χ0) is 24.9. The number of benzene rings is 3. The van der Waals surface area contributed by atoms with E-state index in [-0.39, 0.29) is 10.7 Å². The van der Waals surface area contributed by atoms with E-state index in [9.17, 15) is 14.4 Å². The van der Waals surface area contributed by atoms with Crippen molar-refractivity contribution in [2.24, 2.45) is 5.92 Å². The topological polar surface area (TPSA) is 79.0 Å². The summed E-state index contributed by atoms with van der Waals surface area (Å²) in [6, 6.07) is 16.8. The SMILES string of the molecule is COc1ccccc1[C@@H]1NN(C(=O)c2cccc(Br)c2)[C@H]2C(=O)N(c3ccc(Cl)cc3Cl)C(=O)[C@@H]12. The number of halogens is 3. The third-order valence-electron chi connectivity index (χ3n) is 6.15. The van der Waals surface area contributed by atoms with E-state index in [1.807, 2.05) is 6.07 Å². The number of fused-ring (bicyclic) bond motifs is 1. The molecule has 2 saturated heterocycles. The van der Waals surface area contributed by atoms with Crippen LogP contribution >= 0.6 is 39.1 Å². The Morgan fingerprint density at radius 2 is 1.77 bits per heavy atom. The monoisotopic (exact) mass is 573 g/mol. The Morgan fingerprint density at radius 1 is 1.00 bits per heavy atom. The molecule has 3 amide bonds. The van der Waals surface area contributed by atoms with E-state index < -0.39 is 35.7 Å². The molecule has 0 radical (unpaired) electrons. The number of methoxy groups -OCH3 is 1. The summed E-state index contributed by atoms with van der Waals surface area (Å²) in [4.78, 5) is 42.1. The van der Waals surface area contributed by atoms with E-state index in [4.69, 9.17) is 27.9 Å². The maximum Gasteiger partial charge on any atom is 0.268 e. The van der Waals surface area contributed by atoms with Crippen LogP contribution in [-0.2, 0) is 9.59 Å². The van der Waals surface area contributed by atoms with Crippen LogP contribution in [0.15, 0.2) is 71.2 Å². The molecule has 7 nitrogen and oxygen atoms in total. The maximum atomic E-state index is 13.8. The molecule has 2 aliphatic rings. The highest BCUT2D eigenvalue weighted by atomic mass is 79.9. The molecule has 178 valence electrons. The molecule has 1 N–H and O–H groups in total. The summed E-state index contributed by atoms with van der Waals surface area (Å²) in [5, 5.41) is 1.78. The quantitative estimate of drug-likeness (QED) is 0.442. The lowest BCUT2D eigenvalue weighted by Crippen LogP contribution is -2.48. The van der Waals surface area contributed by atoms with Crippen molar-refractivity contribution in [3.05, 3.63) is 92.4 Å². The lowest BCUT2D eigenvalue weighted by atomic mass is 9.90. The molecular weight excluding hydrogens is 557 g/mol. The van der Waals surface area contributed by atoms with Gasteiger partial charge in [0.25, 0.3) is 11.8 Å². The van der Waals surface area contributed by atoms with Crippen molar-refractivity contribution in [3.8, 4) is 5.75 Å². The summed E-state index contributed by atoms with van der Waals surface area (Å²) >= 11 is 15.8. The lowest BCUT2D eigenvalue weighted by molar-refractivity contribution is -0.123. The van der Waals surface area contributed by atoms with E-state index >= 15 is 0 Å². The van der Waals surface area contributed by atoms with Crippen LogP contribution < -0.4 is 15.1 Å². The van der Waals surface area contributed by atoms with Crippen molar-refractivity contribution in [3.63, 3.8) is 0 Å². The molecule has 10 heteroatoms. The summed E-state index contributed by atoms with van der Waals surface area (Å²) < 4.78 is 6.22. The van der Waals surface area contributed by atoms with E-state index in [0.717, 1.165) is 4.90 Å². The Labute approximate surface area is 219 Å². The van der Waals surface area contributed by atoms with Gasteiger partial charge in [-0.15, -0.1) is 0 Å². The van der Waals surface area contributed by atoms with E-state index in [2.05, 4.69) is 21.4 Å². The Balaban J connectivity index is 1.62. The number of hydrogen-bond donors (Lipinski definition) is 1. The first-order chi connectivity index (χ1) is 16.8. The van der Waals surface area contributed by atoms with Gasteiger partial charge in [0.2, 0.25) is 5.91 Å². The van der Waals surface area contributed by atoms with Crippen LogP contribution in [0.5, 0.6) is 5.75 Å². The third-order valence-corrected chi connectivity index (χ3v) is 7.18. The third kappa shape index (κ3) is 4.00. The zero-order valence-corrected chi connectivity index (χ0v) is 21.3. The van der Waals surface area contributed by atoms with Crippen LogP contribution in [0.2, 0.25) is 10.0 Å². The highest BCUT2D eigenvalue weighted by Gasteiger charge is 2.61. The molecule has 0 saturated carbocycles. The molecule has 0 bridgehead atoms. The van der Waals surface area contributed by atoms with E-state index in [0.29, 0.717) is 26.4 Å². The van der Waals surface area contributed by atoms with Gasteiger partial charge in [-0.2, -0.15) is 0 Å². The molecule has 5 rings (SSSR count). The number of imide groups is 1. The number of nitrogens with one attached hydrogen (secondary N) is 1. The smallest absolute Gasteiger partial charge is 0.268 e. The first-order valence-electron chi connectivity index (χ1n) is 10.6. The number of nitrogens with zero attached hydrogens (tertiary/aromatic N) is 2. The molecule has 3 aromatic rings. The van der Waals surface area contributed by atoms with Crippen LogP contribution in [0.1, 0.15) is 22.0 Å². The van der Waals surface area contributed by atoms with Gasteiger partial charge in [0, 0.05) is 20.6 Å². The minimum Gasteiger partial charge on any atom is -0.496 e. The normalized spacial score (nSPS) is 21.4. The molecule has 3 aromatic carbocycles. The number of carbonyl (C=O) groups is 3. The number of hydrogen-bond acceptors (Lipinski definition) is 5. The van der Waals surface area contributed by atoms with Gasteiger partial charge in [0.05, 0.1) is 29.8 Å². The van der Waals surface area contributed by atoms with E-state index in [1.54, 1.807) is 48.5 Å².